The molecule has 6 nitrogen and oxygen atoms in total. The van der Waals surface area contributed by atoms with Crippen LogP contribution in [0.25, 0.3) is 0 Å². The van der Waals surface area contributed by atoms with Crippen LogP contribution < -0.4 is 20.3 Å². The van der Waals surface area contributed by atoms with Crippen LogP contribution in [-0.2, 0) is 0 Å². The van der Waals surface area contributed by atoms with Crippen LogP contribution in [0.5, 0.6) is 5.75 Å². The number of benzene rings is 1. The monoisotopic (exact) mass is 385 g/mol. The number of pyridine rings is 1. The molecule has 0 saturated carbocycles. The SMILES string of the molecule is CCNC(=NCCOc1cccnc1)NC1CCCN(c2cccc(F)c2)C1. The number of rotatable bonds is 7. The predicted molar refractivity (Wildman–Crippen MR) is 110 cm³/mol. The molecule has 1 atom stereocenters. The zero-order valence-electron chi connectivity index (χ0n) is 16.3. The van der Waals surface area contributed by atoms with Crippen molar-refractivity contribution in [2.45, 2.75) is 25.8 Å². The predicted octanol–water partition coefficient (Wildman–Crippen LogP) is 2.82. The molecule has 1 aromatic heterocycles. The maximum Gasteiger partial charge on any atom is 0.191 e. The molecule has 2 heterocycles. The van der Waals surface area contributed by atoms with Crippen molar-refractivity contribution >= 4 is 11.6 Å². The van der Waals surface area contributed by atoms with Crippen LogP contribution in [0.2, 0.25) is 0 Å². The molecule has 7 heteroatoms. The standard InChI is InChI=1S/C21H28FN5O/c1-2-24-21(25-11-13-28-20-9-4-10-23-15-20)26-18-7-5-12-27(16-18)19-8-3-6-17(22)14-19/h3-4,6,8-10,14-15,18H,2,5,7,11-13,16H2,1H3,(H2,24,25,26). The molecule has 28 heavy (non-hydrogen) atoms. The number of halogens is 1. The van der Waals surface area contributed by atoms with E-state index in [0.29, 0.717) is 13.2 Å². The largest absolute Gasteiger partial charge is 0.490 e. The van der Waals surface area contributed by atoms with Gasteiger partial charge in [0.15, 0.2) is 5.96 Å². The van der Waals surface area contributed by atoms with Gasteiger partial charge in [0, 0.05) is 37.6 Å². The number of ether oxygens (including phenoxy) is 1. The van der Waals surface area contributed by atoms with E-state index in [9.17, 15) is 4.39 Å². The normalized spacial score (nSPS) is 17.3. The van der Waals surface area contributed by atoms with Gasteiger partial charge in [0.25, 0.3) is 0 Å². The van der Waals surface area contributed by atoms with Crippen LogP contribution in [0.3, 0.4) is 0 Å². The van der Waals surface area contributed by atoms with Crippen LogP contribution >= 0.6 is 0 Å². The lowest BCUT2D eigenvalue weighted by Gasteiger charge is -2.35. The first-order valence-corrected chi connectivity index (χ1v) is 9.83. The quantitative estimate of drug-likeness (QED) is 0.436. The molecule has 2 N–H and O–H groups in total. The van der Waals surface area contributed by atoms with Gasteiger partial charge in [-0.1, -0.05) is 6.07 Å². The fraction of sp³-hybridized carbons (Fsp3) is 0.429. The highest BCUT2D eigenvalue weighted by Gasteiger charge is 2.21. The van der Waals surface area contributed by atoms with Gasteiger partial charge in [0.1, 0.15) is 18.2 Å². The minimum absolute atomic E-state index is 0.198. The van der Waals surface area contributed by atoms with E-state index in [1.54, 1.807) is 24.5 Å². The summed E-state index contributed by atoms with van der Waals surface area (Å²) >= 11 is 0. The second kappa shape index (κ2) is 10.5. The highest BCUT2D eigenvalue weighted by molar-refractivity contribution is 5.80. The second-order valence-electron chi connectivity index (χ2n) is 6.71. The lowest BCUT2D eigenvalue weighted by atomic mass is 10.0. The molecule has 1 aromatic carbocycles. The molecule has 0 bridgehead atoms. The number of guanidine groups is 1. The van der Waals surface area contributed by atoms with Gasteiger partial charge in [-0.3, -0.25) is 4.98 Å². The van der Waals surface area contributed by atoms with Gasteiger partial charge in [-0.15, -0.1) is 0 Å². The van der Waals surface area contributed by atoms with Crippen LogP contribution in [0.15, 0.2) is 53.8 Å². The highest BCUT2D eigenvalue weighted by Crippen LogP contribution is 2.20. The topological polar surface area (TPSA) is 61.8 Å². The average Bonchev–Trinajstić information content (AvgIpc) is 2.72. The molecule has 0 radical (unpaired) electrons. The van der Waals surface area contributed by atoms with Gasteiger partial charge in [0.2, 0.25) is 0 Å². The molecule has 1 saturated heterocycles. The summed E-state index contributed by atoms with van der Waals surface area (Å²) < 4.78 is 19.2. The second-order valence-corrected chi connectivity index (χ2v) is 6.71. The van der Waals surface area contributed by atoms with Crippen molar-refractivity contribution in [3.8, 4) is 5.75 Å². The van der Waals surface area contributed by atoms with E-state index in [0.717, 1.165) is 49.9 Å². The van der Waals surface area contributed by atoms with E-state index in [1.807, 2.05) is 25.1 Å². The summed E-state index contributed by atoms with van der Waals surface area (Å²) in [7, 11) is 0. The fourth-order valence-corrected chi connectivity index (χ4v) is 3.27. The number of hydrogen-bond acceptors (Lipinski definition) is 4. The van der Waals surface area contributed by atoms with Crippen molar-refractivity contribution in [1.29, 1.82) is 0 Å². The Morgan fingerprint density at radius 2 is 2.29 bits per heavy atom. The molecule has 1 aliphatic rings. The number of aromatic nitrogens is 1. The summed E-state index contributed by atoms with van der Waals surface area (Å²) in [6.07, 6.45) is 5.52. The first-order valence-electron chi connectivity index (χ1n) is 9.83. The van der Waals surface area contributed by atoms with Crippen LogP contribution in [0, 0.1) is 5.82 Å². The molecule has 0 amide bonds. The van der Waals surface area contributed by atoms with Gasteiger partial charge in [0.05, 0.1) is 12.7 Å². The first kappa shape index (κ1) is 19.9. The van der Waals surface area contributed by atoms with E-state index >= 15 is 0 Å². The Morgan fingerprint density at radius 1 is 1.36 bits per heavy atom. The van der Waals surface area contributed by atoms with Crippen molar-refractivity contribution in [2.75, 3.05) is 37.7 Å². The maximum absolute atomic E-state index is 13.5. The fourth-order valence-electron chi connectivity index (χ4n) is 3.27. The van der Waals surface area contributed by atoms with Crippen LogP contribution in [-0.4, -0.2) is 49.8 Å². The zero-order valence-corrected chi connectivity index (χ0v) is 16.3. The average molecular weight is 385 g/mol. The summed E-state index contributed by atoms with van der Waals surface area (Å²) in [5.74, 6) is 1.33. The Balaban J connectivity index is 1.52. The van der Waals surface area contributed by atoms with Crippen LogP contribution in [0.1, 0.15) is 19.8 Å². The molecule has 3 rings (SSSR count). The number of hydrogen-bond donors (Lipinski definition) is 2. The molecular formula is C21H28FN5O. The maximum atomic E-state index is 13.5. The van der Waals surface area contributed by atoms with Gasteiger partial charge >= 0.3 is 0 Å². The Hall–Kier alpha value is -2.83. The Bertz CT molecular complexity index is 755. The summed E-state index contributed by atoms with van der Waals surface area (Å²) in [5.41, 5.74) is 0.929. The Kier molecular flexibility index (Phi) is 7.46. The smallest absolute Gasteiger partial charge is 0.191 e. The molecule has 2 aromatic rings. The summed E-state index contributed by atoms with van der Waals surface area (Å²) in [6.45, 7) is 5.63. The number of nitrogens with zero attached hydrogens (tertiary/aromatic N) is 3. The van der Waals surface area contributed by atoms with Crippen molar-refractivity contribution < 1.29 is 9.13 Å². The Labute approximate surface area is 165 Å². The van der Waals surface area contributed by atoms with Crippen molar-refractivity contribution in [1.82, 2.24) is 15.6 Å². The number of aliphatic imine (C=N–C) groups is 1. The Morgan fingerprint density at radius 3 is 3.07 bits per heavy atom. The first-order chi connectivity index (χ1) is 13.7. The number of piperidine rings is 1. The summed E-state index contributed by atoms with van der Waals surface area (Å²) in [5, 5.41) is 6.79. The molecule has 1 aliphatic heterocycles. The zero-order chi connectivity index (χ0) is 19.6. The molecule has 1 unspecified atom stereocenters. The van der Waals surface area contributed by atoms with Crippen molar-refractivity contribution in [3.05, 3.63) is 54.6 Å². The molecule has 0 spiro atoms. The lowest BCUT2D eigenvalue weighted by Crippen LogP contribution is -2.51. The minimum Gasteiger partial charge on any atom is -0.490 e. The summed E-state index contributed by atoms with van der Waals surface area (Å²) in [6, 6.07) is 10.8. The number of anilines is 1. The minimum atomic E-state index is -0.198. The molecule has 150 valence electrons. The molecule has 0 aliphatic carbocycles. The highest BCUT2D eigenvalue weighted by atomic mass is 19.1. The lowest BCUT2D eigenvalue weighted by molar-refractivity contribution is 0.327. The van der Waals surface area contributed by atoms with Gasteiger partial charge in [-0.05, 0) is 50.1 Å². The van der Waals surface area contributed by atoms with Gasteiger partial charge in [-0.25, -0.2) is 9.38 Å². The van der Waals surface area contributed by atoms with Crippen molar-refractivity contribution in [3.63, 3.8) is 0 Å². The summed E-state index contributed by atoms with van der Waals surface area (Å²) in [4.78, 5) is 10.9. The van der Waals surface area contributed by atoms with Gasteiger partial charge in [-0.2, -0.15) is 0 Å². The van der Waals surface area contributed by atoms with E-state index < -0.39 is 0 Å². The third kappa shape index (κ3) is 6.11. The van der Waals surface area contributed by atoms with Gasteiger partial charge < -0.3 is 20.3 Å². The van der Waals surface area contributed by atoms with E-state index in [4.69, 9.17) is 4.74 Å². The van der Waals surface area contributed by atoms with E-state index in [2.05, 4.69) is 25.5 Å². The van der Waals surface area contributed by atoms with E-state index in [1.165, 1.54) is 6.07 Å². The molecular weight excluding hydrogens is 357 g/mol. The van der Waals surface area contributed by atoms with E-state index in [-0.39, 0.29) is 11.9 Å². The third-order valence-corrected chi connectivity index (χ3v) is 4.54. The van der Waals surface area contributed by atoms with Crippen LogP contribution in [0.4, 0.5) is 10.1 Å². The molecule has 1 fully saturated rings. The van der Waals surface area contributed by atoms with Crippen molar-refractivity contribution in [2.24, 2.45) is 4.99 Å². The third-order valence-electron chi connectivity index (χ3n) is 4.54. The number of nitrogens with one attached hydrogen (secondary N) is 2.